The second-order valence-corrected chi connectivity index (χ2v) is 12.0. The van der Waals surface area contributed by atoms with Gasteiger partial charge >= 0.3 is 0 Å². The summed E-state index contributed by atoms with van der Waals surface area (Å²) in [5.41, 5.74) is 8.35. The first kappa shape index (κ1) is 25.2. The highest BCUT2D eigenvalue weighted by atomic mass is 32.1. The van der Waals surface area contributed by atoms with Crippen molar-refractivity contribution in [2.45, 2.75) is 26.2 Å². The Labute approximate surface area is 243 Å². The van der Waals surface area contributed by atoms with Crippen molar-refractivity contribution in [1.29, 1.82) is 0 Å². The van der Waals surface area contributed by atoms with Gasteiger partial charge in [0.25, 0.3) is 0 Å². The normalized spacial score (nSPS) is 11.8. The van der Waals surface area contributed by atoms with Gasteiger partial charge in [0.05, 0.1) is 0 Å². The molecule has 200 valence electrons. The zero-order chi connectivity index (χ0) is 28.0. The number of nitrogens with zero attached hydrogens (tertiary/aromatic N) is 3. The third kappa shape index (κ3) is 4.79. The van der Waals surface area contributed by atoms with Crippen LogP contribution < -0.4 is 4.90 Å². The summed E-state index contributed by atoms with van der Waals surface area (Å²) >= 11 is 1.43. The van der Waals surface area contributed by atoms with E-state index in [0.29, 0.717) is 0 Å². The highest BCUT2D eigenvalue weighted by Gasteiger charge is 2.18. The molecule has 0 fully saturated rings. The van der Waals surface area contributed by atoms with E-state index in [2.05, 4.69) is 123 Å². The van der Waals surface area contributed by atoms with Gasteiger partial charge in [-0.2, -0.15) is 4.37 Å². The zero-order valence-electron chi connectivity index (χ0n) is 23.2. The maximum atomic E-state index is 6.23. The summed E-state index contributed by atoms with van der Waals surface area (Å²) in [4.78, 5) is 7.17. The molecule has 0 N–H and O–H groups in total. The lowest BCUT2D eigenvalue weighted by atomic mass is 9.87. The van der Waals surface area contributed by atoms with Crippen molar-refractivity contribution in [3.05, 3.63) is 127 Å². The molecule has 7 aromatic rings. The first-order chi connectivity index (χ1) is 19.9. The summed E-state index contributed by atoms with van der Waals surface area (Å²) in [6.45, 7) is 6.68. The van der Waals surface area contributed by atoms with Crippen molar-refractivity contribution < 1.29 is 4.42 Å². The van der Waals surface area contributed by atoms with Crippen LogP contribution in [0.2, 0.25) is 0 Å². The van der Waals surface area contributed by atoms with E-state index in [-0.39, 0.29) is 5.41 Å². The molecule has 0 bridgehead atoms. The van der Waals surface area contributed by atoms with Gasteiger partial charge < -0.3 is 9.32 Å². The van der Waals surface area contributed by atoms with Crippen LogP contribution in [-0.4, -0.2) is 9.36 Å². The molecule has 2 heterocycles. The largest absolute Gasteiger partial charge is 0.456 e. The van der Waals surface area contributed by atoms with Crippen molar-refractivity contribution in [2.75, 3.05) is 4.90 Å². The van der Waals surface area contributed by atoms with Gasteiger partial charge in [-0.15, -0.1) is 0 Å². The molecule has 0 aliphatic heterocycles. The summed E-state index contributed by atoms with van der Waals surface area (Å²) in [5, 5.41) is 3.16. The number of hydrogen-bond acceptors (Lipinski definition) is 5. The number of hydrogen-bond donors (Lipinski definition) is 0. The lowest BCUT2D eigenvalue weighted by Crippen LogP contribution is -2.10. The Kier molecular flexibility index (Phi) is 6.17. The highest BCUT2D eigenvalue weighted by molar-refractivity contribution is 7.09. The summed E-state index contributed by atoms with van der Waals surface area (Å²) in [6, 6.07) is 42.1. The summed E-state index contributed by atoms with van der Waals surface area (Å²) in [5.74, 6) is 0.729. The monoisotopic (exact) mass is 551 g/mol. The van der Waals surface area contributed by atoms with Gasteiger partial charge in [0.1, 0.15) is 16.2 Å². The Bertz CT molecular complexity index is 1980. The Morgan fingerprint density at radius 3 is 2.12 bits per heavy atom. The smallest absolute Gasteiger partial charge is 0.173 e. The molecule has 5 heteroatoms. The topological polar surface area (TPSA) is 42.2 Å². The molecule has 4 nitrogen and oxygen atoms in total. The van der Waals surface area contributed by atoms with Crippen LogP contribution in [0.15, 0.2) is 126 Å². The summed E-state index contributed by atoms with van der Waals surface area (Å²) in [7, 11) is 0. The molecule has 0 radical (unpaired) electrons. The number of fused-ring (bicyclic) bond motifs is 3. The van der Waals surface area contributed by atoms with Crippen LogP contribution in [0, 0.1) is 0 Å². The Morgan fingerprint density at radius 2 is 1.32 bits per heavy atom. The fraction of sp³-hybridized carbons (Fsp3) is 0.111. The summed E-state index contributed by atoms with van der Waals surface area (Å²) in [6.07, 6.45) is 0. The molecule has 0 saturated heterocycles. The minimum Gasteiger partial charge on any atom is -0.456 e. The quantitative estimate of drug-likeness (QED) is 0.213. The molecule has 41 heavy (non-hydrogen) atoms. The number of benzene rings is 5. The van der Waals surface area contributed by atoms with Crippen LogP contribution in [0.1, 0.15) is 26.3 Å². The number of rotatable bonds is 5. The molecule has 0 saturated carbocycles. The van der Waals surface area contributed by atoms with Crippen molar-refractivity contribution >= 4 is 50.5 Å². The van der Waals surface area contributed by atoms with E-state index in [4.69, 9.17) is 13.8 Å². The standard InChI is InChI=1S/C36H29N3OS/c1-36(2,3)26-18-16-24(17-19-26)35-37-34(38-41-35)25-10-9-13-28(22-25)39(27-11-5-4-6-12-27)29-20-21-31-30-14-7-8-15-32(30)40-33(31)23-29/h4-23H,1-3H3. The van der Waals surface area contributed by atoms with Crippen molar-refractivity contribution in [2.24, 2.45) is 0 Å². The average molecular weight is 552 g/mol. The lowest BCUT2D eigenvalue weighted by Gasteiger charge is -2.25. The second kappa shape index (κ2) is 10.0. The number of para-hydroxylation sites is 2. The van der Waals surface area contributed by atoms with Crippen molar-refractivity contribution in [1.82, 2.24) is 9.36 Å². The predicted molar refractivity (Wildman–Crippen MR) is 171 cm³/mol. The Morgan fingerprint density at radius 1 is 0.610 bits per heavy atom. The van der Waals surface area contributed by atoms with Crippen LogP contribution in [0.3, 0.4) is 0 Å². The van der Waals surface area contributed by atoms with E-state index >= 15 is 0 Å². The number of anilines is 3. The van der Waals surface area contributed by atoms with E-state index in [1.807, 2.05) is 24.3 Å². The summed E-state index contributed by atoms with van der Waals surface area (Å²) < 4.78 is 11.0. The number of furan rings is 1. The van der Waals surface area contributed by atoms with Gasteiger partial charge in [0, 0.05) is 45.0 Å². The van der Waals surface area contributed by atoms with Crippen LogP contribution >= 0.6 is 11.5 Å². The minimum absolute atomic E-state index is 0.116. The molecule has 0 atom stereocenters. The van der Waals surface area contributed by atoms with Gasteiger partial charge in [0.15, 0.2) is 5.82 Å². The first-order valence-corrected chi connectivity index (χ1v) is 14.5. The van der Waals surface area contributed by atoms with E-state index in [0.717, 1.165) is 61.0 Å². The predicted octanol–water partition coefficient (Wildman–Crippen LogP) is 10.5. The van der Waals surface area contributed by atoms with Crippen LogP contribution in [0.25, 0.3) is 43.9 Å². The average Bonchev–Trinajstić information content (AvgIpc) is 3.63. The molecule has 0 aliphatic carbocycles. The number of aromatic nitrogens is 2. The van der Waals surface area contributed by atoms with Crippen LogP contribution in [0.5, 0.6) is 0 Å². The van der Waals surface area contributed by atoms with E-state index in [9.17, 15) is 0 Å². The van der Waals surface area contributed by atoms with E-state index in [1.165, 1.54) is 17.1 Å². The van der Waals surface area contributed by atoms with Crippen LogP contribution in [0.4, 0.5) is 17.1 Å². The third-order valence-electron chi connectivity index (χ3n) is 7.42. The Balaban J connectivity index is 1.27. The van der Waals surface area contributed by atoms with Gasteiger partial charge in [0.2, 0.25) is 0 Å². The first-order valence-electron chi connectivity index (χ1n) is 13.8. The molecule has 0 aliphatic rings. The SMILES string of the molecule is CC(C)(C)c1ccc(-c2nc(-c3cccc(N(c4ccccc4)c4ccc5c(c4)oc4ccccc45)c3)ns2)cc1. The van der Waals surface area contributed by atoms with Gasteiger partial charge in [-0.05, 0) is 65.0 Å². The molecule has 0 unspecified atom stereocenters. The molecule has 0 amide bonds. The zero-order valence-corrected chi connectivity index (χ0v) is 24.0. The molecule has 0 spiro atoms. The van der Waals surface area contributed by atoms with Crippen molar-refractivity contribution in [3.63, 3.8) is 0 Å². The second-order valence-electron chi connectivity index (χ2n) is 11.3. The van der Waals surface area contributed by atoms with Crippen molar-refractivity contribution in [3.8, 4) is 22.0 Å². The van der Waals surface area contributed by atoms with E-state index in [1.54, 1.807) is 0 Å². The molecule has 2 aromatic heterocycles. The molecule has 7 rings (SSSR count). The molecular formula is C36H29N3OS. The fourth-order valence-electron chi connectivity index (χ4n) is 5.23. The lowest BCUT2D eigenvalue weighted by molar-refractivity contribution is 0.590. The van der Waals surface area contributed by atoms with Gasteiger partial charge in [-0.3, -0.25) is 0 Å². The third-order valence-corrected chi connectivity index (χ3v) is 8.19. The maximum Gasteiger partial charge on any atom is 0.173 e. The van der Waals surface area contributed by atoms with E-state index < -0.39 is 0 Å². The van der Waals surface area contributed by atoms with Gasteiger partial charge in [-0.25, -0.2) is 4.98 Å². The Hall–Kier alpha value is -4.74. The van der Waals surface area contributed by atoms with Crippen LogP contribution in [-0.2, 0) is 5.41 Å². The maximum absolute atomic E-state index is 6.23. The molecule has 5 aromatic carbocycles. The highest BCUT2D eigenvalue weighted by Crippen LogP contribution is 2.39. The minimum atomic E-state index is 0.116. The van der Waals surface area contributed by atoms with Gasteiger partial charge in [-0.1, -0.05) is 93.6 Å². The fourth-order valence-corrected chi connectivity index (χ4v) is 5.92. The molecular weight excluding hydrogens is 522 g/mol.